The van der Waals surface area contributed by atoms with Gasteiger partial charge in [0.2, 0.25) is 0 Å². The van der Waals surface area contributed by atoms with Crippen LogP contribution >= 0.6 is 27.3 Å². The topological polar surface area (TPSA) is 39.9 Å². The lowest BCUT2D eigenvalue weighted by Crippen LogP contribution is -1.97. The van der Waals surface area contributed by atoms with Crippen LogP contribution in [0.4, 0.5) is 0 Å². The van der Waals surface area contributed by atoms with Gasteiger partial charge in [-0.1, -0.05) is 6.07 Å². The first-order valence-electron chi connectivity index (χ1n) is 6.79. The van der Waals surface area contributed by atoms with Gasteiger partial charge in [-0.05, 0) is 45.8 Å². The van der Waals surface area contributed by atoms with Crippen molar-refractivity contribution in [3.05, 3.63) is 53.8 Å². The minimum atomic E-state index is 0.480. The van der Waals surface area contributed by atoms with Crippen LogP contribution in [0, 0.1) is 0 Å². The predicted octanol–water partition coefficient (Wildman–Crippen LogP) is 4.43. The van der Waals surface area contributed by atoms with Gasteiger partial charge in [-0.3, -0.25) is 0 Å². The van der Waals surface area contributed by atoms with Crippen LogP contribution < -0.4 is 4.74 Å². The second kappa shape index (κ2) is 5.70. The Balaban J connectivity index is 1.68. The van der Waals surface area contributed by atoms with Gasteiger partial charge in [0.05, 0.1) is 33.1 Å². The van der Waals surface area contributed by atoms with Crippen molar-refractivity contribution in [2.45, 2.75) is 6.54 Å². The molecule has 6 heteroatoms. The zero-order valence-corrected chi connectivity index (χ0v) is 14.0. The summed E-state index contributed by atoms with van der Waals surface area (Å²) >= 11 is 4.93. The van der Waals surface area contributed by atoms with Gasteiger partial charge in [-0.15, -0.1) is 11.3 Å². The number of hydrogen-bond donors (Lipinski definition) is 0. The highest BCUT2D eigenvalue weighted by molar-refractivity contribution is 9.09. The fourth-order valence-electron chi connectivity index (χ4n) is 2.52. The number of thiazole rings is 1. The molecule has 110 valence electrons. The van der Waals surface area contributed by atoms with Crippen molar-refractivity contribution in [2.24, 2.45) is 0 Å². The molecule has 0 saturated heterocycles. The lowest BCUT2D eigenvalue weighted by atomic mass is 10.2. The average Bonchev–Trinajstić information content (AvgIpc) is 3.14. The monoisotopic (exact) mass is 373 g/mol. The number of fused-ring (bicyclic) bond motifs is 2. The van der Waals surface area contributed by atoms with Gasteiger partial charge in [-0.2, -0.15) is 0 Å². The Morgan fingerprint density at radius 1 is 1.09 bits per heavy atom. The minimum Gasteiger partial charge on any atom is -0.482 e. The average molecular weight is 374 g/mol. The van der Waals surface area contributed by atoms with Crippen molar-refractivity contribution in [2.75, 3.05) is 5.52 Å². The molecule has 0 aliphatic carbocycles. The van der Waals surface area contributed by atoms with Crippen LogP contribution in [0.2, 0.25) is 0 Å². The molecular formula is C16H12BrN3OS. The first kappa shape index (κ1) is 13.7. The summed E-state index contributed by atoms with van der Waals surface area (Å²) in [5.74, 6) is 0.820. The highest BCUT2D eigenvalue weighted by Crippen LogP contribution is 2.23. The molecule has 0 spiro atoms. The van der Waals surface area contributed by atoms with Crippen LogP contribution in [-0.2, 0) is 6.54 Å². The molecular weight excluding hydrogens is 362 g/mol. The van der Waals surface area contributed by atoms with E-state index in [0.29, 0.717) is 5.52 Å². The molecule has 0 unspecified atom stereocenters. The van der Waals surface area contributed by atoms with Crippen LogP contribution in [0.3, 0.4) is 0 Å². The molecule has 4 rings (SSSR count). The maximum atomic E-state index is 5.44. The van der Waals surface area contributed by atoms with E-state index in [9.17, 15) is 0 Å². The standard InChI is InChI=1S/C16H12BrN3OS/c17-8-21-12-2-4-15-14(6-12)18-9-20(15)7-11-1-3-13-16(5-11)22-10-19-13/h1-6,9-10H,7-8H2. The van der Waals surface area contributed by atoms with E-state index in [4.69, 9.17) is 4.74 Å². The molecule has 0 aliphatic rings. The predicted molar refractivity (Wildman–Crippen MR) is 92.9 cm³/mol. The number of aromatic nitrogens is 3. The van der Waals surface area contributed by atoms with Gasteiger partial charge >= 0.3 is 0 Å². The van der Waals surface area contributed by atoms with Crippen LogP contribution in [0.1, 0.15) is 5.56 Å². The fourth-order valence-corrected chi connectivity index (χ4v) is 3.52. The summed E-state index contributed by atoms with van der Waals surface area (Å²) in [6.45, 7) is 0.795. The van der Waals surface area contributed by atoms with Gasteiger partial charge in [0, 0.05) is 12.6 Å². The molecule has 0 saturated carbocycles. The third-order valence-corrected chi connectivity index (χ3v) is 4.58. The number of hydrogen-bond acceptors (Lipinski definition) is 4. The van der Waals surface area contributed by atoms with Crippen LogP contribution in [0.15, 0.2) is 48.2 Å². The molecule has 0 amide bonds. The van der Waals surface area contributed by atoms with E-state index in [1.54, 1.807) is 11.3 Å². The lowest BCUT2D eigenvalue weighted by molar-refractivity contribution is 0.398. The van der Waals surface area contributed by atoms with E-state index in [1.807, 2.05) is 30.0 Å². The second-order valence-corrected chi connectivity index (χ2v) is 6.28. The zero-order chi connectivity index (χ0) is 14.9. The summed E-state index contributed by atoms with van der Waals surface area (Å²) < 4.78 is 8.81. The molecule has 0 bridgehead atoms. The summed E-state index contributed by atoms with van der Waals surface area (Å²) in [7, 11) is 0. The number of alkyl halides is 1. The SMILES string of the molecule is BrCOc1ccc2c(c1)ncn2Cc1ccc2ncsc2c1. The van der Waals surface area contributed by atoms with Gasteiger partial charge in [0.15, 0.2) is 0 Å². The van der Waals surface area contributed by atoms with Crippen molar-refractivity contribution >= 4 is 48.5 Å². The van der Waals surface area contributed by atoms with E-state index in [2.05, 4.69) is 48.7 Å². The second-order valence-electron chi connectivity index (χ2n) is 4.93. The highest BCUT2D eigenvalue weighted by Gasteiger charge is 2.06. The van der Waals surface area contributed by atoms with E-state index < -0.39 is 0 Å². The van der Waals surface area contributed by atoms with Gasteiger partial charge < -0.3 is 9.30 Å². The smallest absolute Gasteiger partial charge is 0.143 e. The molecule has 0 N–H and O–H groups in total. The molecule has 0 radical (unpaired) electrons. The first-order valence-corrected chi connectivity index (χ1v) is 8.79. The lowest BCUT2D eigenvalue weighted by Gasteiger charge is -2.06. The largest absolute Gasteiger partial charge is 0.482 e. The molecule has 4 nitrogen and oxygen atoms in total. The molecule has 2 heterocycles. The van der Waals surface area contributed by atoms with Gasteiger partial charge in [0.1, 0.15) is 11.3 Å². The van der Waals surface area contributed by atoms with E-state index in [1.165, 1.54) is 10.3 Å². The summed E-state index contributed by atoms with van der Waals surface area (Å²) in [6, 6.07) is 12.4. The van der Waals surface area contributed by atoms with Gasteiger partial charge in [-0.25, -0.2) is 9.97 Å². The number of ether oxygens (including phenoxy) is 1. The Morgan fingerprint density at radius 2 is 2.05 bits per heavy atom. The summed E-state index contributed by atoms with van der Waals surface area (Å²) in [4.78, 5) is 8.78. The number of nitrogens with zero attached hydrogens (tertiary/aromatic N) is 3. The Morgan fingerprint density at radius 3 is 2.95 bits per heavy atom. The zero-order valence-electron chi connectivity index (χ0n) is 11.6. The Kier molecular flexibility index (Phi) is 3.56. The summed E-state index contributed by atoms with van der Waals surface area (Å²) in [6.07, 6.45) is 1.87. The minimum absolute atomic E-state index is 0.480. The van der Waals surface area contributed by atoms with E-state index >= 15 is 0 Å². The fraction of sp³-hybridized carbons (Fsp3) is 0.125. The molecule has 0 fully saturated rings. The highest BCUT2D eigenvalue weighted by atomic mass is 79.9. The van der Waals surface area contributed by atoms with Gasteiger partial charge in [0.25, 0.3) is 0 Å². The van der Waals surface area contributed by atoms with Crippen molar-refractivity contribution in [1.29, 1.82) is 0 Å². The molecule has 2 aromatic heterocycles. The third kappa shape index (κ3) is 2.48. The van der Waals surface area contributed by atoms with E-state index in [-0.39, 0.29) is 0 Å². The Labute approximate surface area is 139 Å². The molecule has 0 aliphatic heterocycles. The normalized spacial score (nSPS) is 11.3. The molecule has 22 heavy (non-hydrogen) atoms. The molecule has 2 aromatic carbocycles. The Bertz CT molecular complexity index is 947. The maximum absolute atomic E-state index is 5.44. The maximum Gasteiger partial charge on any atom is 0.143 e. The number of imidazole rings is 1. The van der Waals surface area contributed by atoms with Crippen molar-refractivity contribution in [1.82, 2.24) is 14.5 Å². The van der Waals surface area contributed by atoms with Crippen LogP contribution in [0.5, 0.6) is 5.75 Å². The Hall–Kier alpha value is -1.92. The van der Waals surface area contributed by atoms with Crippen molar-refractivity contribution in [3.8, 4) is 5.75 Å². The number of benzene rings is 2. The quantitative estimate of drug-likeness (QED) is 0.497. The van der Waals surface area contributed by atoms with Crippen molar-refractivity contribution < 1.29 is 4.74 Å². The summed E-state index contributed by atoms with van der Waals surface area (Å²) in [5, 5.41) is 0. The van der Waals surface area contributed by atoms with E-state index in [0.717, 1.165) is 28.8 Å². The van der Waals surface area contributed by atoms with Crippen LogP contribution in [-0.4, -0.2) is 20.1 Å². The number of halogens is 1. The van der Waals surface area contributed by atoms with Crippen molar-refractivity contribution in [3.63, 3.8) is 0 Å². The molecule has 4 aromatic rings. The number of rotatable bonds is 4. The molecule has 0 atom stereocenters. The van der Waals surface area contributed by atoms with Crippen LogP contribution in [0.25, 0.3) is 21.3 Å². The summed E-state index contributed by atoms with van der Waals surface area (Å²) in [5.41, 5.74) is 6.71. The first-order chi connectivity index (χ1) is 10.8. The third-order valence-electron chi connectivity index (χ3n) is 3.56.